The van der Waals surface area contributed by atoms with E-state index < -0.39 is 0 Å². The molecule has 1 heterocycles. The van der Waals surface area contributed by atoms with Gasteiger partial charge in [0.1, 0.15) is 5.75 Å². The van der Waals surface area contributed by atoms with Gasteiger partial charge in [0.2, 0.25) is 0 Å². The Hall–Kier alpha value is -0.730. The molecule has 0 bridgehead atoms. The fourth-order valence-electron chi connectivity index (χ4n) is 3.05. The van der Waals surface area contributed by atoms with E-state index in [0.717, 1.165) is 42.7 Å². The quantitative estimate of drug-likeness (QED) is 0.859. The van der Waals surface area contributed by atoms with Crippen LogP contribution >= 0.6 is 11.6 Å². The van der Waals surface area contributed by atoms with E-state index >= 15 is 0 Å². The van der Waals surface area contributed by atoms with Gasteiger partial charge in [0.15, 0.2) is 0 Å². The molecule has 2 aliphatic rings. The first-order chi connectivity index (χ1) is 9.26. The average Bonchev–Trinajstić information content (AvgIpc) is 3.04. The number of likely N-dealkylation sites (N-methyl/N-ethyl adjacent to an activating group) is 1. The molecule has 1 aliphatic carbocycles. The normalized spacial score (nSPS) is 19.1. The number of rotatable bonds is 6. The van der Waals surface area contributed by atoms with Crippen molar-refractivity contribution in [1.82, 2.24) is 5.32 Å². The minimum Gasteiger partial charge on any atom is -0.493 e. The van der Waals surface area contributed by atoms with Gasteiger partial charge in [0.25, 0.3) is 0 Å². The Balaban J connectivity index is 1.76. The predicted molar refractivity (Wildman–Crippen MR) is 79.2 cm³/mol. The molecule has 0 spiro atoms. The zero-order chi connectivity index (χ0) is 13.2. The Kier molecular flexibility index (Phi) is 3.99. The van der Waals surface area contributed by atoms with Crippen molar-refractivity contribution in [3.8, 4) is 5.75 Å². The third-order valence-corrected chi connectivity index (χ3v) is 4.32. The first kappa shape index (κ1) is 13.3. The second kappa shape index (κ2) is 5.72. The van der Waals surface area contributed by atoms with Gasteiger partial charge in [-0.05, 0) is 48.6 Å². The smallest absolute Gasteiger partial charge is 0.125 e. The zero-order valence-corrected chi connectivity index (χ0v) is 12.3. The monoisotopic (exact) mass is 279 g/mol. The number of hydrogen-bond acceptors (Lipinski definition) is 2. The second-order valence-electron chi connectivity index (χ2n) is 5.79. The summed E-state index contributed by atoms with van der Waals surface area (Å²) in [6.07, 6.45) is 6.14. The van der Waals surface area contributed by atoms with Crippen molar-refractivity contribution in [2.45, 2.75) is 45.1 Å². The fraction of sp³-hybridized carbons (Fsp3) is 0.625. The number of ether oxygens (including phenoxy) is 1. The lowest BCUT2D eigenvalue weighted by Gasteiger charge is -2.19. The average molecular weight is 280 g/mol. The molecule has 1 aromatic rings. The summed E-state index contributed by atoms with van der Waals surface area (Å²) in [7, 11) is 0. The van der Waals surface area contributed by atoms with E-state index in [4.69, 9.17) is 16.3 Å². The first-order valence-electron chi connectivity index (χ1n) is 7.43. The van der Waals surface area contributed by atoms with Crippen molar-refractivity contribution in [3.63, 3.8) is 0 Å². The summed E-state index contributed by atoms with van der Waals surface area (Å²) in [6, 6.07) is 4.70. The summed E-state index contributed by atoms with van der Waals surface area (Å²) in [5, 5.41) is 4.46. The Labute approximate surface area is 120 Å². The van der Waals surface area contributed by atoms with Crippen LogP contribution in [-0.4, -0.2) is 19.2 Å². The summed E-state index contributed by atoms with van der Waals surface area (Å²) in [4.78, 5) is 0. The fourth-order valence-corrected chi connectivity index (χ4v) is 3.31. The third kappa shape index (κ3) is 3.24. The minimum atomic E-state index is 0.560. The number of benzene rings is 1. The highest BCUT2D eigenvalue weighted by Gasteiger charge is 2.26. The Morgan fingerprint density at radius 3 is 3.00 bits per heavy atom. The van der Waals surface area contributed by atoms with Crippen LogP contribution in [0.5, 0.6) is 5.75 Å². The molecule has 2 nitrogen and oxygen atoms in total. The molecule has 0 amide bonds. The van der Waals surface area contributed by atoms with Gasteiger partial charge in [0, 0.05) is 17.5 Å². The summed E-state index contributed by atoms with van der Waals surface area (Å²) < 4.78 is 5.80. The Morgan fingerprint density at radius 1 is 1.42 bits per heavy atom. The molecule has 1 fully saturated rings. The number of halogens is 1. The summed E-state index contributed by atoms with van der Waals surface area (Å²) in [6.45, 7) is 4.01. The van der Waals surface area contributed by atoms with E-state index in [1.807, 2.05) is 0 Å². The molecule has 3 rings (SSSR count). The summed E-state index contributed by atoms with van der Waals surface area (Å²) in [5.41, 5.74) is 2.57. The molecule has 1 atom stereocenters. The van der Waals surface area contributed by atoms with Gasteiger partial charge in [-0.3, -0.25) is 0 Å². The molecular formula is C16H22ClNO. The molecule has 1 N–H and O–H groups in total. The van der Waals surface area contributed by atoms with E-state index in [1.165, 1.54) is 30.4 Å². The zero-order valence-electron chi connectivity index (χ0n) is 11.5. The summed E-state index contributed by atoms with van der Waals surface area (Å²) in [5.74, 6) is 2.04. The van der Waals surface area contributed by atoms with Gasteiger partial charge in [-0.2, -0.15) is 0 Å². The van der Waals surface area contributed by atoms with Crippen molar-refractivity contribution in [2.75, 3.05) is 13.2 Å². The molecule has 0 aromatic heterocycles. The standard InChI is InChI=1S/C16H22ClNO/c1-2-18-15(7-11-3-4-11)10-13-9-14(17)8-12-5-6-19-16(12)13/h8-9,11,15,18H,2-7,10H2,1H3. The van der Waals surface area contributed by atoms with Crippen LogP contribution < -0.4 is 10.1 Å². The SMILES string of the molecule is CCNC(Cc1cc(Cl)cc2c1OCC2)CC1CC1. The molecule has 0 radical (unpaired) electrons. The van der Waals surface area contributed by atoms with Crippen LogP contribution in [0.4, 0.5) is 0 Å². The summed E-state index contributed by atoms with van der Waals surface area (Å²) >= 11 is 6.23. The molecule has 1 aliphatic heterocycles. The highest BCUT2D eigenvalue weighted by Crippen LogP contribution is 2.37. The molecule has 1 unspecified atom stereocenters. The number of nitrogens with one attached hydrogen (secondary N) is 1. The van der Waals surface area contributed by atoms with Crippen LogP contribution in [0.2, 0.25) is 5.02 Å². The van der Waals surface area contributed by atoms with Crippen LogP contribution in [0.3, 0.4) is 0 Å². The van der Waals surface area contributed by atoms with Crippen LogP contribution in [-0.2, 0) is 12.8 Å². The van der Waals surface area contributed by atoms with Crippen molar-refractivity contribution in [1.29, 1.82) is 0 Å². The number of hydrogen-bond donors (Lipinski definition) is 1. The maximum absolute atomic E-state index is 6.23. The van der Waals surface area contributed by atoms with Gasteiger partial charge >= 0.3 is 0 Å². The van der Waals surface area contributed by atoms with Crippen molar-refractivity contribution in [3.05, 3.63) is 28.3 Å². The van der Waals surface area contributed by atoms with Gasteiger partial charge < -0.3 is 10.1 Å². The van der Waals surface area contributed by atoms with Crippen LogP contribution in [0, 0.1) is 5.92 Å². The van der Waals surface area contributed by atoms with E-state index in [9.17, 15) is 0 Å². The maximum Gasteiger partial charge on any atom is 0.125 e. The van der Waals surface area contributed by atoms with E-state index in [0.29, 0.717) is 6.04 Å². The van der Waals surface area contributed by atoms with E-state index in [1.54, 1.807) is 0 Å². The highest BCUT2D eigenvalue weighted by molar-refractivity contribution is 6.30. The lowest BCUT2D eigenvalue weighted by Crippen LogP contribution is -2.31. The third-order valence-electron chi connectivity index (χ3n) is 4.10. The van der Waals surface area contributed by atoms with Crippen molar-refractivity contribution >= 4 is 11.6 Å². The highest BCUT2D eigenvalue weighted by atomic mass is 35.5. The molecule has 19 heavy (non-hydrogen) atoms. The molecular weight excluding hydrogens is 258 g/mol. The molecule has 1 aromatic carbocycles. The lowest BCUT2D eigenvalue weighted by molar-refractivity contribution is 0.350. The Bertz CT molecular complexity index is 456. The molecule has 1 saturated carbocycles. The van der Waals surface area contributed by atoms with Crippen molar-refractivity contribution < 1.29 is 4.74 Å². The second-order valence-corrected chi connectivity index (χ2v) is 6.23. The van der Waals surface area contributed by atoms with Crippen molar-refractivity contribution in [2.24, 2.45) is 5.92 Å². The van der Waals surface area contributed by atoms with Gasteiger partial charge in [0.05, 0.1) is 6.61 Å². The molecule has 104 valence electrons. The van der Waals surface area contributed by atoms with Crippen LogP contribution in [0.25, 0.3) is 0 Å². The molecule has 3 heteroatoms. The minimum absolute atomic E-state index is 0.560. The van der Waals surface area contributed by atoms with E-state index in [2.05, 4.69) is 24.4 Å². The van der Waals surface area contributed by atoms with Crippen LogP contribution in [0.15, 0.2) is 12.1 Å². The Morgan fingerprint density at radius 2 is 2.26 bits per heavy atom. The van der Waals surface area contributed by atoms with E-state index in [-0.39, 0.29) is 0 Å². The van der Waals surface area contributed by atoms with Gasteiger partial charge in [-0.25, -0.2) is 0 Å². The van der Waals surface area contributed by atoms with Gasteiger partial charge in [-0.15, -0.1) is 0 Å². The largest absolute Gasteiger partial charge is 0.493 e. The van der Waals surface area contributed by atoms with Crippen LogP contribution in [0.1, 0.15) is 37.3 Å². The molecule has 0 saturated heterocycles. The maximum atomic E-state index is 6.23. The predicted octanol–water partition coefficient (Wildman–Crippen LogP) is 3.60. The first-order valence-corrected chi connectivity index (χ1v) is 7.81. The van der Waals surface area contributed by atoms with Gasteiger partial charge in [-0.1, -0.05) is 31.4 Å². The number of fused-ring (bicyclic) bond motifs is 1. The topological polar surface area (TPSA) is 21.3 Å². The lowest BCUT2D eigenvalue weighted by atomic mass is 9.98.